The average Bonchev–Trinajstić information content (AvgIpc) is 2.90. The lowest BCUT2D eigenvalue weighted by Crippen LogP contribution is -2.19. The Labute approximate surface area is 105 Å². The van der Waals surface area contributed by atoms with Crippen LogP contribution in [-0.4, -0.2) is 21.0 Å². The smallest absolute Gasteiger partial charge is 0.335 e. The molecule has 94 valence electrons. The van der Waals surface area contributed by atoms with E-state index < -0.39 is 5.97 Å². The minimum Gasteiger partial charge on any atom is -0.478 e. The van der Waals surface area contributed by atoms with Crippen LogP contribution in [0.4, 0.5) is 0 Å². The summed E-state index contributed by atoms with van der Waals surface area (Å²) in [6.45, 7) is 2.69. The van der Waals surface area contributed by atoms with Crippen LogP contribution in [0.15, 0.2) is 36.7 Å². The zero-order valence-electron chi connectivity index (χ0n) is 10.1. The number of nitrogens with one attached hydrogen (secondary N) is 2. The van der Waals surface area contributed by atoms with Crippen LogP contribution >= 0.6 is 0 Å². The fourth-order valence-electron chi connectivity index (χ4n) is 1.65. The second-order valence-electron chi connectivity index (χ2n) is 4.08. The molecule has 0 spiro atoms. The summed E-state index contributed by atoms with van der Waals surface area (Å²) in [4.78, 5) is 17.9. The number of rotatable bonds is 5. The first kappa shape index (κ1) is 12.3. The van der Waals surface area contributed by atoms with Crippen LogP contribution in [0.25, 0.3) is 0 Å². The first-order chi connectivity index (χ1) is 8.66. The van der Waals surface area contributed by atoms with Crippen LogP contribution in [-0.2, 0) is 6.54 Å². The Morgan fingerprint density at radius 2 is 2.17 bits per heavy atom. The van der Waals surface area contributed by atoms with Crippen molar-refractivity contribution in [3.63, 3.8) is 0 Å². The lowest BCUT2D eigenvalue weighted by atomic mass is 10.1. The highest BCUT2D eigenvalue weighted by atomic mass is 16.4. The second kappa shape index (κ2) is 5.46. The van der Waals surface area contributed by atoms with E-state index in [1.54, 1.807) is 24.5 Å². The molecule has 0 saturated carbocycles. The van der Waals surface area contributed by atoms with Crippen molar-refractivity contribution in [2.45, 2.75) is 19.5 Å². The van der Waals surface area contributed by atoms with E-state index in [0.717, 1.165) is 11.4 Å². The summed E-state index contributed by atoms with van der Waals surface area (Å²) in [7, 11) is 0. The van der Waals surface area contributed by atoms with Gasteiger partial charge < -0.3 is 15.4 Å². The molecule has 5 heteroatoms. The molecule has 0 aliphatic carbocycles. The zero-order chi connectivity index (χ0) is 13.0. The molecule has 1 aromatic heterocycles. The molecule has 0 amide bonds. The normalized spacial score (nSPS) is 12.3. The van der Waals surface area contributed by atoms with Gasteiger partial charge in [-0.05, 0) is 24.6 Å². The molecule has 1 aromatic carbocycles. The van der Waals surface area contributed by atoms with Crippen LogP contribution in [0.2, 0.25) is 0 Å². The molecule has 0 saturated heterocycles. The molecular formula is C13H15N3O2. The standard InChI is InChI=1S/C13H15N3O2/c1-9(12-14-6-7-15-12)16-8-10-2-4-11(5-3-10)13(17)18/h2-7,9,16H,8H2,1H3,(H,14,15)(H,17,18). The van der Waals surface area contributed by atoms with Crippen molar-refractivity contribution >= 4 is 5.97 Å². The summed E-state index contributed by atoms with van der Waals surface area (Å²) >= 11 is 0. The van der Waals surface area contributed by atoms with Crippen LogP contribution in [0.5, 0.6) is 0 Å². The lowest BCUT2D eigenvalue weighted by molar-refractivity contribution is 0.0697. The molecule has 2 aromatic rings. The lowest BCUT2D eigenvalue weighted by Gasteiger charge is -2.11. The van der Waals surface area contributed by atoms with Crippen molar-refractivity contribution in [2.24, 2.45) is 0 Å². The number of benzene rings is 1. The fourth-order valence-corrected chi connectivity index (χ4v) is 1.65. The number of hydrogen-bond acceptors (Lipinski definition) is 3. The van der Waals surface area contributed by atoms with E-state index in [4.69, 9.17) is 5.11 Å². The van der Waals surface area contributed by atoms with Crippen molar-refractivity contribution in [1.82, 2.24) is 15.3 Å². The van der Waals surface area contributed by atoms with Crippen molar-refractivity contribution in [2.75, 3.05) is 0 Å². The summed E-state index contributed by atoms with van der Waals surface area (Å²) in [5.74, 6) is -0.0179. The first-order valence-electron chi connectivity index (χ1n) is 5.71. The zero-order valence-corrected chi connectivity index (χ0v) is 10.1. The molecule has 0 fully saturated rings. The van der Waals surface area contributed by atoms with E-state index >= 15 is 0 Å². The molecule has 1 unspecified atom stereocenters. The highest BCUT2D eigenvalue weighted by molar-refractivity contribution is 5.87. The molecule has 18 heavy (non-hydrogen) atoms. The first-order valence-corrected chi connectivity index (χ1v) is 5.71. The monoisotopic (exact) mass is 245 g/mol. The maximum absolute atomic E-state index is 10.7. The maximum Gasteiger partial charge on any atom is 0.335 e. The number of aromatic carboxylic acids is 1. The van der Waals surface area contributed by atoms with Gasteiger partial charge in [0.2, 0.25) is 0 Å². The Hall–Kier alpha value is -2.14. The van der Waals surface area contributed by atoms with Crippen LogP contribution in [0.3, 0.4) is 0 Å². The van der Waals surface area contributed by atoms with Gasteiger partial charge >= 0.3 is 5.97 Å². The summed E-state index contributed by atoms with van der Waals surface area (Å²) < 4.78 is 0. The third kappa shape index (κ3) is 2.95. The average molecular weight is 245 g/mol. The number of H-pyrrole nitrogens is 1. The molecule has 0 aliphatic rings. The van der Waals surface area contributed by atoms with Gasteiger partial charge in [-0.25, -0.2) is 9.78 Å². The van der Waals surface area contributed by atoms with Crippen molar-refractivity contribution in [3.05, 3.63) is 53.6 Å². The molecular weight excluding hydrogens is 230 g/mol. The van der Waals surface area contributed by atoms with Gasteiger partial charge in [0.15, 0.2) is 0 Å². The number of carboxylic acids is 1. The van der Waals surface area contributed by atoms with Crippen molar-refractivity contribution in [1.29, 1.82) is 0 Å². The number of aromatic amines is 1. The third-order valence-electron chi connectivity index (χ3n) is 2.74. The Bertz CT molecular complexity index is 506. The van der Waals surface area contributed by atoms with Crippen LogP contribution < -0.4 is 5.32 Å². The van der Waals surface area contributed by atoms with Gasteiger partial charge in [-0.3, -0.25) is 0 Å². The molecule has 1 heterocycles. The minimum atomic E-state index is -0.904. The Balaban J connectivity index is 1.92. The maximum atomic E-state index is 10.7. The summed E-state index contributed by atoms with van der Waals surface area (Å²) in [6.07, 6.45) is 3.50. The highest BCUT2D eigenvalue weighted by Gasteiger charge is 2.07. The quantitative estimate of drug-likeness (QED) is 0.752. The van der Waals surface area contributed by atoms with Crippen molar-refractivity contribution < 1.29 is 9.90 Å². The van der Waals surface area contributed by atoms with E-state index in [2.05, 4.69) is 15.3 Å². The summed E-state index contributed by atoms with van der Waals surface area (Å²) in [6, 6.07) is 6.96. The summed E-state index contributed by atoms with van der Waals surface area (Å²) in [5.41, 5.74) is 1.34. The number of aromatic nitrogens is 2. The van der Waals surface area contributed by atoms with E-state index in [9.17, 15) is 4.79 Å². The van der Waals surface area contributed by atoms with Gasteiger partial charge in [0.05, 0.1) is 11.6 Å². The Kier molecular flexibility index (Phi) is 3.74. The third-order valence-corrected chi connectivity index (χ3v) is 2.74. The Morgan fingerprint density at radius 1 is 1.44 bits per heavy atom. The number of imidazole rings is 1. The molecule has 2 rings (SSSR count). The predicted molar refractivity (Wildman–Crippen MR) is 67.2 cm³/mol. The van der Waals surface area contributed by atoms with Gasteiger partial charge in [0.1, 0.15) is 5.82 Å². The molecule has 0 aliphatic heterocycles. The largest absolute Gasteiger partial charge is 0.478 e. The molecule has 3 N–H and O–H groups in total. The number of hydrogen-bond donors (Lipinski definition) is 3. The fraction of sp³-hybridized carbons (Fsp3) is 0.231. The van der Waals surface area contributed by atoms with E-state index in [0.29, 0.717) is 12.1 Å². The van der Waals surface area contributed by atoms with Gasteiger partial charge in [-0.1, -0.05) is 12.1 Å². The highest BCUT2D eigenvalue weighted by Crippen LogP contribution is 2.09. The van der Waals surface area contributed by atoms with Gasteiger partial charge in [-0.2, -0.15) is 0 Å². The predicted octanol–water partition coefficient (Wildman–Crippen LogP) is 1.96. The van der Waals surface area contributed by atoms with Crippen LogP contribution in [0, 0.1) is 0 Å². The van der Waals surface area contributed by atoms with Gasteiger partial charge in [0, 0.05) is 18.9 Å². The van der Waals surface area contributed by atoms with Gasteiger partial charge in [0.25, 0.3) is 0 Å². The molecule has 5 nitrogen and oxygen atoms in total. The SMILES string of the molecule is CC(NCc1ccc(C(=O)O)cc1)c1ncc[nH]1. The minimum absolute atomic E-state index is 0.124. The topological polar surface area (TPSA) is 78.0 Å². The number of carboxylic acid groups (broad SMARTS) is 1. The van der Waals surface area contributed by atoms with Crippen molar-refractivity contribution in [3.8, 4) is 0 Å². The Morgan fingerprint density at radius 3 is 2.72 bits per heavy atom. The summed E-state index contributed by atoms with van der Waals surface area (Å²) in [5, 5.41) is 12.1. The van der Waals surface area contributed by atoms with Gasteiger partial charge in [-0.15, -0.1) is 0 Å². The van der Waals surface area contributed by atoms with E-state index in [1.165, 1.54) is 0 Å². The molecule has 0 bridgehead atoms. The van der Waals surface area contributed by atoms with E-state index in [1.807, 2.05) is 19.1 Å². The number of nitrogens with zero attached hydrogens (tertiary/aromatic N) is 1. The molecule has 1 atom stereocenters. The van der Waals surface area contributed by atoms with E-state index in [-0.39, 0.29) is 6.04 Å². The van der Waals surface area contributed by atoms with Crippen LogP contribution in [0.1, 0.15) is 34.7 Å². The second-order valence-corrected chi connectivity index (χ2v) is 4.08. The molecule has 0 radical (unpaired) electrons. The number of carbonyl (C=O) groups is 1.